The van der Waals surface area contributed by atoms with E-state index in [1.54, 1.807) is 0 Å². The molecule has 10 nitrogen and oxygen atoms in total. The number of halogens is 2. The summed E-state index contributed by atoms with van der Waals surface area (Å²) < 4.78 is 31.9. The van der Waals surface area contributed by atoms with Gasteiger partial charge in [0.15, 0.2) is 5.76 Å². The lowest BCUT2D eigenvalue weighted by molar-refractivity contribution is -0.383. The quantitative estimate of drug-likeness (QED) is 0.441. The average molecular weight is 376 g/mol. The van der Waals surface area contributed by atoms with E-state index in [1.165, 1.54) is 18.4 Å². The predicted molar refractivity (Wildman–Crippen MR) is 88.1 cm³/mol. The minimum atomic E-state index is -0.846. The maximum Gasteiger partial charge on any atom is 0.355 e. The Kier molecular flexibility index (Phi) is 4.88. The number of nitro groups is 1. The van der Waals surface area contributed by atoms with E-state index in [1.807, 2.05) is 0 Å². The van der Waals surface area contributed by atoms with Gasteiger partial charge in [-0.2, -0.15) is 0 Å². The van der Waals surface area contributed by atoms with Gasteiger partial charge in [0, 0.05) is 6.07 Å². The number of furan rings is 1. The van der Waals surface area contributed by atoms with Gasteiger partial charge in [-0.25, -0.2) is 18.7 Å². The number of hydrazine groups is 1. The Morgan fingerprint density at radius 3 is 2.67 bits per heavy atom. The summed E-state index contributed by atoms with van der Waals surface area (Å²) >= 11 is 0. The lowest BCUT2D eigenvalue weighted by Crippen LogP contribution is -2.30. The van der Waals surface area contributed by atoms with Crippen LogP contribution in [0.3, 0.4) is 0 Å². The molecule has 27 heavy (non-hydrogen) atoms. The van der Waals surface area contributed by atoms with E-state index in [9.17, 15) is 23.7 Å². The molecule has 0 aliphatic rings. The molecule has 0 unspecified atom stereocenters. The summed E-state index contributed by atoms with van der Waals surface area (Å²) in [6.07, 6.45) is 2.21. The number of hydrogen-bond acceptors (Lipinski definition) is 8. The van der Waals surface area contributed by atoms with Crippen LogP contribution in [0.4, 0.5) is 31.8 Å². The van der Waals surface area contributed by atoms with E-state index in [0.717, 1.165) is 24.5 Å². The summed E-state index contributed by atoms with van der Waals surface area (Å²) in [5.41, 5.74) is 3.39. The molecule has 0 aliphatic carbocycles. The number of amides is 1. The van der Waals surface area contributed by atoms with E-state index in [2.05, 4.69) is 26.1 Å². The molecule has 1 amide bonds. The molecule has 2 aromatic heterocycles. The number of anilines is 3. The highest BCUT2D eigenvalue weighted by Gasteiger charge is 2.24. The van der Waals surface area contributed by atoms with Crippen molar-refractivity contribution < 1.29 is 22.9 Å². The second-order valence-corrected chi connectivity index (χ2v) is 4.98. The zero-order valence-corrected chi connectivity index (χ0v) is 13.3. The average Bonchev–Trinajstić information content (AvgIpc) is 3.17. The molecule has 0 fully saturated rings. The van der Waals surface area contributed by atoms with Crippen LogP contribution in [0.1, 0.15) is 10.6 Å². The molecule has 0 saturated heterocycles. The number of nitrogens with one attached hydrogen (secondary N) is 3. The molecule has 0 aliphatic heterocycles. The van der Waals surface area contributed by atoms with Gasteiger partial charge in [-0.3, -0.25) is 25.8 Å². The lowest BCUT2D eigenvalue weighted by Gasteiger charge is -2.11. The van der Waals surface area contributed by atoms with Crippen molar-refractivity contribution in [2.75, 3.05) is 10.7 Å². The van der Waals surface area contributed by atoms with Crippen molar-refractivity contribution in [1.29, 1.82) is 0 Å². The van der Waals surface area contributed by atoms with Crippen molar-refractivity contribution >= 4 is 28.9 Å². The number of aromatic nitrogens is 2. The molecule has 3 N–H and O–H groups in total. The van der Waals surface area contributed by atoms with Crippen LogP contribution in [0.15, 0.2) is 47.3 Å². The minimum absolute atomic E-state index is 0.0422. The molecule has 3 rings (SSSR count). The maximum atomic E-state index is 13.8. The fourth-order valence-electron chi connectivity index (χ4n) is 2.04. The van der Waals surface area contributed by atoms with Gasteiger partial charge in [-0.15, -0.1) is 0 Å². The summed E-state index contributed by atoms with van der Waals surface area (Å²) in [5.74, 6) is -3.13. The molecular weight excluding hydrogens is 366 g/mol. The molecule has 12 heteroatoms. The van der Waals surface area contributed by atoms with Crippen LogP contribution in [0.2, 0.25) is 0 Å². The summed E-state index contributed by atoms with van der Waals surface area (Å²) in [5, 5.41) is 13.7. The zero-order valence-electron chi connectivity index (χ0n) is 13.3. The Bertz CT molecular complexity index is 996. The highest BCUT2D eigenvalue weighted by Crippen LogP contribution is 2.31. The SMILES string of the molecule is O=C(NNc1ncnc(Nc2cc(F)ccc2F)c1[N+](=O)[O-])c1ccco1. The third-order valence-corrected chi connectivity index (χ3v) is 3.23. The second-order valence-electron chi connectivity index (χ2n) is 4.98. The summed E-state index contributed by atoms with van der Waals surface area (Å²) in [4.78, 5) is 29.7. The summed E-state index contributed by atoms with van der Waals surface area (Å²) in [7, 11) is 0. The maximum absolute atomic E-state index is 13.8. The smallest absolute Gasteiger partial charge is 0.355 e. The largest absolute Gasteiger partial charge is 0.459 e. The van der Waals surface area contributed by atoms with Crippen LogP contribution in [0.5, 0.6) is 0 Å². The van der Waals surface area contributed by atoms with Crippen LogP contribution < -0.4 is 16.2 Å². The Balaban J connectivity index is 1.87. The monoisotopic (exact) mass is 376 g/mol. The van der Waals surface area contributed by atoms with E-state index in [4.69, 9.17) is 4.42 Å². The van der Waals surface area contributed by atoms with Crippen LogP contribution in [0, 0.1) is 21.7 Å². The Morgan fingerprint density at radius 2 is 1.96 bits per heavy atom. The first-order chi connectivity index (χ1) is 13.0. The first kappa shape index (κ1) is 17.7. The molecule has 0 atom stereocenters. The number of carbonyl (C=O) groups excluding carboxylic acids is 1. The fraction of sp³-hybridized carbons (Fsp3) is 0. The number of hydrogen-bond donors (Lipinski definition) is 3. The first-order valence-electron chi connectivity index (χ1n) is 7.27. The van der Waals surface area contributed by atoms with Gasteiger partial charge in [0.25, 0.3) is 0 Å². The topological polar surface area (TPSA) is 135 Å². The van der Waals surface area contributed by atoms with E-state index in [-0.39, 0.29) is 17.3 Å². The number of nitrogens with zero attached hydrogens (tertiary/aromatic N) is 3. The molecule has 3 aromatic rings. The molecular formula is C15H10F2N6O4. The fourth-order valence-corrected chi connectivity index (χ4v) is 2.04. The predicted octanol–water partition coefficient (Wildman–Crippen LogP) is 2.76. The van der Waals surface area contributed by atoms with Gasteiger partial charge in [-0.05, 0) is 24.3 Å². The normalized spacial score (nSPS) is 10.3. The van der Waals surface area contributed by atoms with Crippen molar-refractivity contribution in [2.45, 2.75) is 0 Å². The van der Waals surface area contributed by atoms with Crippen molar-refractivity contribution in [3.05, 3.63) is 70.4 Å². The van der Waals surface area contributed by atoms with Crippen molar-refractivity contribution in [1.82, 2.24) is 15.4 Å². The van der Waals surface area contributed by atoms with Gasteiger partial charge >= 0.3 is 11.6 Å². The van der Waals surface area contributed by atoms with Gasteiger partial charge in [-0.1, -0.05) is 0 Å². The lowest BCUT2D eigenvalue weighted by atomic mass is 10.3. The van der Waals surface area contributed by atoms with Gasteiger partial charge < -0.3 is 9.73 Å². The van der Waals surface area contributed by atoms with Gasteiger partial charge in [0.2, 0.25) is 11.6 Å². The Hall–Kier alpha value is -4.09. The molecule has 0 bridgehead atoms. The first-order valence-corrected chi connectivity index (χ1v) is 7.27. The van der Waals surface area contributed by atoms with Crippen LogP contribution >= 0.6 is 0 Å². The van der Waals surface area contributed by atoms with Crippen LogP contribution in [-0.4, -0.2) is 20.8 Å². The molecule has 0 spiro atoms. The third kappa shape index (κ3) is 3.95. The highest BCUT2D eigenvalue weighted by atomic mass is 19.1. The van der Waals surface area contributed by atoms with Crippen LogP contribution in [0.25, 0.3) is 0 Å². The third-order valence-electron chi connectivity index (χ3n) is 3.23. The number of rotatable bonds is 6. The molecule has 0 radical (unpaired) electrons. The minimum Gasteiger partial charge on any atom is -0.459 e. The van der Waals surface area contributed by atoms with Crippen molar-refractivity contribution in [3.63, 3.8) is 0 Å². The number of carbonyl (C=O) groups is 1. The molecule has 1 aromatic carbocycles. The van der Waals surface area contributed by atoms with E-state index >= 15 is 0 Å². The molecule has 0 saturated carbocycles. The standard InChI is InChI=1S/C15H10F2N6O4/c16-8-3-4-9(17)10(6-8)20-13-12(23(25)26)14(19-7-18-13)21-22-15(24)11-2-1-5-27-11/h1-7H,(H,22,24)(H2,18,19,20,21). The van der Waals surface area contributed by atoms with Crippen LogP contribution in [-0.2, 0) is 0 Å². The van der Waals surface area contributed by atoms with E-state index < -0.39 is 34.0 Å². The van der Waals surface area contributed by atoms with E-state index in [0.29, 0.717) is 0 Å². The second kappa shape index (κ2) is 7.43. The van der Waals surface area contributed by atoms with Gasteiger partial charge in [0.05, 0.1) is 16.9 Å². The molecule has 138 valence electrons. The number of benzene rings is 1. The van der Waals surface area contributed by atoms with Gasteiger partial charge in [0.1, 0.15) is 18.0 Å². The van der Waals surface area contributed by atoms with Crippen molar-refractivity contribution in [3.8, 4) is 0 Å². The Labute approximate surface area is 149 Å². The summed E-state index contributed by atoms with van der Waals surface area (Å²) in [6, 6.07) is 5.43. The zero-order chi connectivity index (χ0) is 19.4. The van der Waals surface area contributed by atoms with Crippen molar-refractivity contribution in [2.24, 2.45) is 0 Å². The Morgan fingerprint density at radius 1 is 1.19 bits per heavy atom. The highest BCUT2D eigenvalue weighted by molar-refractivity contribution is 5.92. The summed E-state index contributed by atoms with van der Waals surface area (Å²) in [6.45, 7) is 0. The molecule has 2 heterocycles.